The van der Waals surface area contributed by atoms with Crippen LogP contribution in [0.5, 0.6) is 0 Å². The summed E-state index contributed by atoms with van der Waals surface area (Å²) >= 11 is 0. The highest BCUT2D eigenvalue weighted by atomic mass is 32.2. The quantitative estimate of drug-likeness (QED) is 0.530. The average molecular weight is 239 g/mol. The fraction of sp³-hybridized carbons (Fsp3) is 0.875. The Morgan fingerprint density at radius 1 is 1.47 bits per heavy atom. The second-order valence-electron chi connectivity index (χ2n) is 3.10. The minimum atomic E-state index is -3.34. The van der Waals surface area contributed by atoms with Gasteiger partial charge in [0.2, 0.25) is 5.91 Å². The van der Waals surface area contributed by atoms with Gasteiger partial charge in [0.05, 0.1) is 19.8 Å². The van der Waals surface area contributed by atoms with Crippen molar-refractivity contribution < 1.29 is 23.1 Å². The van der Waals surface area contributed by atoms with Gasteiger partial charge in [0, 0.05) is 12.8 Å². The SMILES string of the molecule is CC(C(=O)NCCOCCO)S(C)(=O)=O. The van der Waals surface area contributed by atoms with E-state index < -0.39 is 21.0 Å². The molecule has 1 atom stereocenters. The molecular formula is C8H17NO5S. The van der Waals surface area contributed by atoms with Gasteiger partial charge >= 0.3 is 0 Å². The lowest BCUT2D eigenvalue weighted by atomic mass is 10.4. The first-order valence-corrected chi connectivity index (χ1v) is 6.50. The summed E-state index contributed by atoms with van der Waals surface area (Å²) in [6.45, 7) is 1.95. The molecule has 0 saturated carbocycles. The smallest absolute Gasteiger partial charge is 0.238 e. The minimum Gasteiger partial charge on any atom is -0.394 e. The van der Waals surface area contributed by atoms with E-state index in [1.165, 1.54) is 6.92 Å². The fourth-order valence-electron chi connectivity index (χ4n) is 0.751. The molecule has 90 valence electrons. The van der Waals surface area contributed by atoms with Gasteiger partial charge in [-0.3, -0.25) is 4.79 Å². The number of carbonyl (C=O) groups excluding carboxylic acids is 1. The normalized spacial score (nSPS) is 13.5. The number of sulfone groups is 1. The van der Waals surface area contributed by atoms with E-state index in [2.05, 4.69) is 5.32 Å². The molecule has 0 aliphatic carbocycles. The van der Waals surface area contributed by atoms with Crippen molar-refractivity contribution in [3.63, 3.8) is 0 Å². The van der Waals surface area contributed by atoms with E-state index in [4.69, 9.17) is 9.84 Å². The zero-order chi connectivity index (χ0) is 11.9. The predicted octanol–water partition coefficient (Wildman–Crippen LogP) is -1.46. The van der Waals surface area contributed by atoms with Crippen molar-refractivity contribution in [2.75, 3.05) is 32.6 Å². The van der Waals surface area contributed by atoms with Crippen molar-refractivity contribution in [1.29, 1.82) is 0 Å². The summed E-state index contributed by atoms with van der Waals surface area (Å²) in [4.78, 5) is 11.2. The standard InChI is InChI=1S/C8H17NO5S/c1-7(15(2,12)13)8(11)9-3-5-14-6-4-10/h7,10H,3-6H2,1-2H3,(H,9,11). The van der Waals surface area contributed by atoms with Crippen LogP contribution in [0.15, 0.2) is 0 Å². The first kappa shape index (κ1) is 14.3. The maximum Gasteiger partial charge on any atom is 0.238 e. The number of ether oxygens (including phenoxy) is 1. The van der Waals surface area contributed by atoms with Gasteiger partial charge in [-0.25, -0.2) is 8.42 Å². The van der Waals surface area contributed by atoms with Gasteiger partial charge in [0.15, 0.2) is 9.84 Å². The highest BCUT2D eigenvalue weighted by molar-refractivity contribution is 7.92. The number of hydrogen-bond donors (Lipinski definition) is 2. The van der Waals surface area contributed by atoms with Crippen molar-refractivity contribution in [2.45, 2.75) is 12.2 Å². The Morgan fingerprint density at radius 3 is 2.53 bits per heavy atom. The molecule has 0 spiro atoms. The summed E-state index contributed by atoms with van der Waals surface area (Å²) in [5, 5.41) is 9.76. The molecule has 0 saturated heterocycles. The largest absolute Gasteiger partial charge is 0.394 e. The topological polar surface area (TPSA) is 92.7 Å². The summed E-state index contributed by atoms with van der Waals surface area (Å²) in [5.41, 5.74) is 0. The third-order valence-corrected chi connectivity index (χ3v) is 3.29. The number of aliphatic hydroxyl groups excluding tert-OH is 1. The summed E-state index contributed by atoms with van der Waals surface area (Å²) < 4.78 is 26.8. The number of carbonyl (C=O) groups is 1. The van der Waals surface area contributed by atoms with Crippen molar-refractivity contribution in [3.05, 3.63) is 0 Å². The van der Waals surface area contributed by atoms with E-state index in [1.54, 1.807) is 0 Å². The number of hydrogen-bond acceptors (Lipinski definition) is 5. The van der Waals surface area contributed by atoms with Crippen LogP contribution >= 0.6 is 0 Å². The van der Waals surface area contributed by atoms with Crippen LogP contribution in [0.1, 0.15) is 6.92 Å². The van der Waals surface area contributed by atoms with E-state index in [0.717, 1.165) is 6.26 Å². The number of nitrogens with one attached hydrogen (secondary N) is 1. The van der Waals surface area contributed by atoms with Crippen molar-refractivity contribution in [1.82, 2.24) is 5.32 Å². The Bertz CT molecular complexity index is 287. The van der Waals surface area contributed by atoms with Gasteiger partial charge in [-0.1, -0.05) is 0 Å². The van der Waals surface area contributed by atoms with Gasteiger partial charge in [-0.05, 0) is 6.92 Å². The molecule has 0 aromatic rings. The van der Waals surface area contributed by atoms with Gasteiger partial charge in [0.25, 0.3) is 0 Å². The number of amides is 1. The van der Waals surface area contributed by atoms with Gasteiger partial charge < -0.3 is 15.2 Å². The zero-order valence-corrected chi connectivity index (χ0v) is 9.71. The Morgan fingerprint density at radius 2 is 2.07 bits per heavy atom. The summed E-state index contributed by atoms with van der Waals surface area (Å²) in [7, 11) is -3.34. The minimum absolute atomic E-state index is 0.0757. The lowest BCUT2D eigenvalue weighted by Gasteiger charge is -2.10. The van der Waals surface area contributed by atoms with E-state index in [-0.39, 0.29) is 26.4 Å². The molecule has 0 heterocycles. The molecule has 0 bridgehead atoms. The molecule has 15 heavy (non-hydrogen) atoms. The molecular weight excluding hydrogens is 222 g/mol. The Balaban J connectivity index is 3.76. The molecule has 1 unspecified atom stereocenters. The first-order valence-electron chi connectivity index (χ1n) is 4.54. The van der Waals surface area contributed by atoms with Crippen molar-refractivity contribution in [3.8, 4) is 0 Å². The van der Waals surface area contributed by atoms with Crippen LogP contribution in [0, 0.1) is 0 Å². The molecule has 1 amide bonds. The highest BCUT2D eigenvalue weighted by Crippen LogP contribution is 1.96. The van der Waals surface area contributed by atoms with Crippen LogP contribution in [-0.2, 0) is 19.4 Å². The molecule has 0 rings (SSSR count). The molecule has 0 radical (unpaired) electrons. The monoisotopic (exact) mass is 239 g/mol. The zero-order valence-electron chi connectivity index (χ0n) is 8.89. The van der Waals surface area contributed by atoms with Crippen LogP contribution in [0.25, 0.3) is 0 Å². The molecule has 6 nitrogen and oxygen atoms in total. The Hall–Kier alpha value is -0.660. The lowest BCUT2D eigenvalue weighted by molar-refractivity contribution is -0.120. The fourth-order valence-corrected chi connectivity index (χ4v) is 1.22. The second-order valence-corrected chi connectivity index (χ2v) is 5.46. The number of aliphatic hydroxyl groups is 1. The van der Waals surface area contributed by atoms with Crippen LogP contribution in [0.3, 0.4) is 0 Å². The Labute approximate surface area is 89.5 Å². The Kier molecular flexibility index (Phi) is 6.46. The van der Waals surface area contributed by atoms with E-state index in [1.807, 2.05) is 0 Å². The highest BCUT2D eigenvalue weighted by Gasteiger charge is 2.22. The van der Waals surface area contributed by atoms with Crippen LogP contribution in [-0.4, -0.2) is 57.3 Å². The molecule has 0 aliphatic heterocycles. The van der Waals surface area contributed by atoms with E-state index in [0.29, 0.717) is 0 Å². The van der Waals surface area contributed by atoms with Gasteiger partial charge in [-0.15, -0.1) is 0 Å². The molecule has 0 aliphatic rings. The maximum atomic E-state index is 11.2. The second kappa shape index (κ2) is 6.76. The van der Waals surface area contributed by atoms with Gasteiger partial charge in [0.1, 0.15) is 5.25 Å². The van der Waals surface area contributed by atoms with Crippen LogP contribution in [0.4, 0.5) is 0 Å². The summed E-state index contributed by atoms with van der Waals surface area (Å²) in [5.74, 6) is -0.537. The van der Waals surface area contributed by atoms with Crippen LogP contribution in [0.2, 0.25) is 0 Å². The molecule has 2 N–H and O–H groups in total. The maximum absolute atomic E-state index is 11.2. The van der Waals surface area contributed by atoms with Gasteiger partial charge in [-0.2, -0.15) is 0 Å². The average Bonchev–Trinajstić information content (AvgIpc) is 2.14. The van der Waals surface area contributed by atoms with E-state index >= 15 is 0 Å². The summed E-state index contributed by atoms with van der Waals surface area (Å²) in [6.07, 6.45) is 1.01. The number of rotatable bonds is 7. The molecule has 0 fully saturated rings. The first-order chi connectivity index (χ1) is 6.89. The van der Waals surface area contributed by atoms with Crippen LogP contribution < -0.4 is 5.32 Å². The van der Waals surface area contributed by atoms with E-state index in [9.17, 15) is 13.2 Å². The van der Waals surface area contributed by atoms with Crippen molar-refractivity contribution >= 4 is 15.7 Å². The third kappa shape index (κ3) is 6.43. The molecule has 0 aromatic heterocycles. The molecule has 0 aromatic carbocycles. The predicted molar refractivity (Wildman–Crippen MR) is 55.2 cm³/mol. The van der Waals surface area contributed by atoms with Crippen molar-refractivity contribution in [2.24, 2.45) is 0 Å². The molecule has 7 heteroatoms. The third-order valence-electron chi connectivity index (χ3n) is 1.79. The summed E-state index contributed by atoms with van der Waals surface area (Å²) in [6, 6.07) is 0. The lowest BCUT2D eigenvalue weighted by Crippen LogP contribution is -2.39.